The van der Waals surface area contributed by atoms with Gasteiger partial charge in [0.05, 0.1) is 22.4 Å². The Labute approximate surface area is 203 Å². The van der Waals surface area contributed by atoms with Crippen LogP contribution in [0.2, 0.25) is 5.02 Å². The summed E-state index contributed by atoms with van der Waals surface area (Å²) in [6.07, 6.45) is 0. The molecule has 1 N–H and O–H groups in total. The molecule has 7 nitrogen and oxygen atoms in total. The summed E-state index contributed by atoms with van der Waals surface area (Å²) >= 11 is 7.23. The number of ether oxygens (including phenoxy) is 1. The molecule has 1 aliphatic rings. The van der Waals surface area contributed by atoms with Crippen molar-refractivity contribution in [2.24, 2.45) is 0 Å². The van der Waals surface area contributed by atoms with Crippen molar-refractivity contribution in [1.82, 2.24) is 4.98 Å². The molecular formula is C25H19ClN2O5S. The number of thiazole rings is 1. The van der Waals surface area contributed by atoms with Crippen LogP contribution in [0.4, 0.5) is 5.13 Å². The first-order valence-corrected chi connectivity index (χ1v) is 11.7. The minimum Gasteiger partial charge on any atom is -0.507 e. The van der Waals surface area contributed by atoms with Gasteiger partial charge in [-0.25, -0.2) is 4.98 Å². The van der Waals surface area contributed by atoms with E-state index in [0.29, 0.717) is 45.1 Å². The molecule has 1 atom stereocenters. The number of hydrogen-bond acceptors (Lipinski definition) is 7. The highest BCUT2D eigenvalue weighted by molar-refractivity contribution is 7.22. The maximum absolute atomic E-state index is 13.3. The van der Waals surface area contributed by atoms with E-state index in [2.05, 4.69) is 4.98 Å². The number of amides is 1. The van der Waals surface area contributed by atoms with E-state index >= 15 is 0 Å². The Bertz CT molecular complexity index is 1450. The molecule has 0 saturated carbocycles. The number of aromatic nitrogens is 1. The van der Waals surface area contributed by atoms with Crippen LogP contribution in [0.5, 0.6) is 5.75 Å². The van der Waals surface area contributed by atoms with Gasteiger partial charge in [0.2, 0.25) is 0 Å². The number of furan rings is 1. The van der Waals surface area contributed by atoms with Crippen molar-refractivity contribution in [3.05, 3.63) is 82.3 Å². The number of aryl methyl sites for hydroxylation is 1. The number of carbonyl (C=O) groups excluding carboxylic acids is 2. The van der Waals surface area contributed by atoms with E-state index < -0.39 is 17.7 Å². The number of hydrogen-bond donors (Lipinski definition) is 1. The number of ketones is 1. The topological polar surface area (TPSA) is 92.9 Å². The predicted molar refractivity (Wildman–Crippen MR) is 130 cm³/mol. The van der Waals surface area contributed by atoms with Crippen LogP contribution >= 0.6 is 22.9 Å². The normalized spacial score (nSPS) is 17.6. The van der Waals surface area contributed by atoms with Crippen molar-refractivity contribution < 1.29 is 23.8 Å². The lowest BCUT2D eigenvalue weighted by molar-refractivity contribution is -0.132. The van der Waals surface area contributed by atoms with Crippen molar-refractivity contribution >= 4 is 55.7 Å². The second-order valence-electron chi connectivity index (χ2n) is 7.68. The Morgan fingerprint density at radius 3 is 2.62 bits per heavy atom. The molecule has 1 fully saturated rings. The first-order chi connectivity index (χ1) is 16.4. The van der Waals surface area contributed by atoms with Crippen LogP contribution in [-0.4, -0.2) is 28.4 Å². The highest BCUT2D eigenvalue weighted by Gasteiger charge is 2.49. The third kappa shape index (κ3) is 3.74. The Kier molecular flexibility index (Phi) is 5.63. The molecule has 3 heterocycles. The standard InChI is InChI=1S/C25H19ClN2O5S/c1-3-32-16-9-10-17-19(12-16)34-25(27-17)28-21(18-11-4-13(2)33-18)20(23(30)24(28)31)22(29)14-5-7-15(26)8-6-14/h4-12,21,29H,3H2,1-2H3. The minimum atomic E-state index is -0.976. The van der Waals surface area contributed by atoms with Crippen molar-refractivity contribution in [1.29, 1.82) is 0 Å². The van der Waals surface area contributed by atoms with Crippen molar-refractivity contribution in [3.8, 4) is 5.75 Å². The highest BCUT2D eigenvalue weighted by Crippen LogP contribution is 2.45. The summed E-state index contributed by atoms with van der Waals surface area (Å²) in [5.41, 5.74) is 0.953. The lowest BCUT2D eigenvalue weighted by Gasteiger charge is -2.20. The average Bonchev–Trinajstić information content (AvgIpc) is 3.50. The molecule has 2 aromatic carbocycles. The molecule has 1 saturated heterocycles. The molecule has 1 amide bonds. The van der Waals surface area contributed by atoms with E-state index in [-0.39, 0.29) is 11.3 Å². The summed E-state index contributed by atoms with van der Waals surface area (Å²) in [6.45, 7) is 4.18. The number of fused-ring (bicyclic) bond motifs is 1. The van der Waals surface area contributed by atoms with E-state index in [1.54, 1.807) is 55.5 Å². The monoisotopic (exact) mass is 494 g/mol. The molecule has 172 valence electrons. The minimum absolute atomic E-state index is 0.0732. The lowest BCUT2D eigenvalue weighted by Crippen LogP contribution is -2.29. The fourth-order valence-electron chi connectivity index (χ4n) is 3.91. The summed E-state index contributed by atoms with van der Waals surface area (Å²) in [7, 11) is 0. The van der Waals surface area contributed by atoms with Gasteiger partial charge in [0.15, 0.2) is 5.13 Å². The molecule has 1 unspecified atom stereocenters. The molecule has 0 radical (unpaired) electrons. The summed E-state index contributed by atoms with van der Waals surface area (Å²) in [5, 5.41) is 11.9. The van der Waals surface area contributed by atoms with E-state index in [9.17, 15) is 14.7 Å². The second-order valence-corrected chi connectivity index (χ2v) is 9.13. The zero-order valence-corrected chi connectivity index (χ0v) is 19.8. The van der Waals surface area contributed by atoms with Crippen LogP contribution < -0.4 is 9.64 Å². The van der Waals surface area contributed by atoms with Gasteiger partial charge in [0.1, 0.15) is 29.1 Å². The van der Waals surface area contributed by atoms with Crippen molar-refractivity contribution in [3.63, 3.8) is 0 Å². The Morgan fingerprint density at radius 1 is 1.18 bits per heavy atom. The molecule has 2 aromatic heterocycles. The van der Waals surface area contributed by atoms with E-state index in [0.717, 1.165) is 4.70 Å². The highest BCUT2D eigenvalue weighted by atomic mass is 35.5. The molecule has 0 aliphatic carbocycles. The third-order valence-corrected chi connectivity index (χ3v) is 6.73. The molecular weight excluding hydrogens is 476 g/mol. The summed E-state index contributed by atoms with van der Waals surface area (Å²) in [5.74, 6) is -0.275. The van der Waals surface area contributed by atoms with Gasteiger partial charge >= 0.3 is 5.91 Å². The number of benzene rings is 2. The average molecular weight is 495 g/mol. The maximum atomic E-state index is 13.3. The quantitative estimate of drug-likeness (QED) is 0.212. The van der Waals surface area contributed by atoms with Crippen LogP contribution in [0.25, 0.3) is 16.0 Å². The van der Waals surface area contributed by atoms with Gasteiger partial charge in [-0.15, -0.1) is 0 Å². The molecule has 5 rings (SSSR count). The molecule has 9 heteroatoms. The molecule has 1 aliphatic heterocycles. The molecule has 4 aromatic rings. The fraction of sp³-hybridized carbons (Fsp3) is 0.160. The largest absolute Gasteiger partial charge is 0.507 e. The van der Waals surface area contributed by atoms with E-state index in [1.807, 2.05) is 13.0 Å². The third-order valence-electron chi connectivity index (χ3n) is 5.46. The van der Waals surface area contributed by atoms with Crippen molar-refractivity contribution in [2.45, 2.75) is 19.9 Å². The molecule has 34 heavy (non-hydrogen) atoms. The number of Topliss-reactive ketones (excluding diaryl/α,β-unsaturated/α-hetero) is 1. The van der Waals surface area contributed by atoms with Crippen LogP contribution in [0, 0.1) is 6.92 Å². The van der Waals surface area contributed by atoms with Gasteiger partial charge in [-0.3, -0.25) is 14.5 Å². The Morgan fingerprint density at radius 2 is 1.94 bits per heavy atom. The van der Waals surface area contributed by atoms with Gasteiger partial charge in [-0.2, -0.15) is 0 Å². The SMILES string of the molecule is CCOc1ccc2nc(N3C(=O)C(=O)C(=C(O)c4ccc(Cl)cc4)C3c3ccc(C)o3)sc2c1. The van der Waals surface area contributed by atoms with E-state index in [4.69, 9.17) is 20.8 Å². The lowest BCUT2D eigenvalue weighted by atomic mass is 9.99. The first-order valence-electron chi connectivity index (χ1n) is 10.5. The smallest absolute Gasteiger partial charge is 0.302 e. The van der Waals surface area contributed by atoms with Gasteiger partial charge in [-0.05, 0) is 68.4 Å². The number of anilines is 1. The first kappa shape index (κ1) is 22.2. The molecule has 0 spiro atoms. The summed E-state index contributed by atoms with van der Waals surface area (Å²) < 4.78 is 12.2. The number of carbonyl (C=O) groups is 2. The fourth-order valence-corrected chi connectivity index (χ4v) is 5.06. The second kappa shape index (κ2) is 8.62. The number of aliphatic hydroxyl groups is 1. The summed E-state index contributed by atoms with van der Waals surface area (Å²) in [4.78, 5) is 32.3. The van der Waals surface area contributed by atoms with Crippen LogP contribution in [-0.2, 0) is 9.59 Å². The van der Waals surface area contributed by atoms with Crippen LogP contribution in [0.1, 0.15) is 30.0 Å². The van der Waals surface area contributed by atoms with Gasteiger partial charge < -0.3 is 14.3 Å². The number of aliphatic hydroxyl groups excluding tert-OH is 1. The molecule has 0 bridgehead atoms. The van der Waals surface area contributed by atoms with Crippen LogP contribution in [0.3, 0.4) is 0 Å². The number of rotatable bonds is 5. The number of halogens is 1. The van der Waals surface area contributed by atoms with Gasteiger partial charge in [0, 0.05) is 10.6 Å². The van der Waals surface area contributed by atoms with E-state index in [1.165, 1.54) is 16.2 Å². The zero-order chi connectivity index (χ0) is 24.0. The maximum Gasteiger partial charge on any atom is 0.302 e. The Hall–Kier alpha value is -3.62. The van der Waals surface area contributed by atoms with Crippen molar-refractivity contribution in [2.75, 3.05) is 11.5 Å². The van der Waals surface area contributed by atoms with Crippen LogP contribution in [0.15, 0.2) is 64.6 Å². The van der Waals surface area contributed by atoms with Gasteiger partial charge in [0.25, 0.3) is 5.78 Å². The Balaban J connectivity index is 1.68. The van der Waals surface area contributed by atoms with Gasteiger partial charge in [-0.1, -0.05) is 22.9 Å². The zero-order valence-electron chi connectivity index (χ0n) is 18.2. The summed E-state index contributed by atoms with van der Waals surface area (Å²) in [6, 6.07) is 14.3. The predicted octanol–water partition coefficient (Wildman–Crippen LogP) is 5.88. The number of nitrogens with zero attached hydrogens (tertiary/aromatic N) is 2.